The van der Waals surface area contributed by atoms with Gasteiger partial charge in [-0.15, -0.1) is 0 Å². The minimum atomic E-state index is -0.692. The van der Waals surface area contributed by atoms with Crippen molar-refractivity contribution in [3.63, 3.8) is 0 Å². The Bertz CT molecular complexity index is 2300. The zero-order chi connectivity index (χ0) is 48.4. The lowest BCUT2D eigenvalue weighted by Crippen LogP contribution is -2.39. The molecule has 4 rings (SSSR count). The van der Waals surface area contributed by atoms with E-state index in [9.17, 15) is 19.2 Å². The number of carbonyl (C=O) groups excluding carboxylic acids is 4. The lowest BCUT2D eigenvalue weighted by atomic mass is 10.1. The van der Waals surface area contributed by atoms with Crippen LogP contribution in [-0.4, -0.2) is 98.2 Å². The Balaban J connectivity index is 0.929. The van der Waals surface area contributed by atoms with Gasteiger partial charge in [0.25, 0.3) is 11.8 Å². The summed E-state index contributed by atoms with van der Waals surface area (Å²) in [6.07, 6.45) is 6.27. The molecule has 1 aromatic heterocycles. The summed E-state index contributed by atoms with van der Waals surface area (Å²) in [5, 5.41) is 16.2. The number of nitrogens with one attached hydrogen (secondary N) is 6. The number of urea groups is 2. The van der Waals surface area contributed by atoms with Gasteiger partial charge in [0.15, 0.2) is 34.4 Å². The highest BCUT2D eigenvalue weighted by Gasteiger charge is 2.17. The Hall–Kier alpha value is -7.26. The third-order valence-corrected chi connectivity index (χ3v) is 10.1. The van der Waals surface area contributed by atoms with Crippen LogP contribution in [0.1, 0.15) is 70.5 Å². The minimum Gasteiger partial charge on any atom is -0.492 e. The van der Waals surface area contributed by atoms with Crippen LogP contribution in [0.5, 0.6) is 11.5 Å². The lowest BCUT2D eigenvalue weighted by Gasteiger charge is -2.11. The number of benzene rings is 3. The summed E-state index contributed by atoms with van der Waals surface area (Å²) in [5.74, 6) is -0.0111. The first-order valence-electron chi connectivity index (χ1n) is 21.6. The van der Waals surface area contributed by atoms with E-state index < -0.39 is 11.8 Å². The third-order valence-electron chi connectivity index (χ3n) is 9.51. The molecule has 0 saturated heterocycles. The summed E-state index contributed by atoms with van der Waals surface area (Å²) in [5.41, 5.74) is 31.4. The number of rotatable bonds is 25. The van der Waals surface area contributed by atoms with Crippen LogP contribution >= 0.6 is 23.2 Å². The Morgan fingerprint density at radius 1 is 0.567 bits per heavy atom. The highest BCUT2D eigenvalue weighted by Crippen LogP contribution is 2.20. The number of halogens is 2. The smallest absolute Gasteiger partial charge is 0.314 e. The highest BCUT2D eigenvalue weighted by atomic mass is 35.5. The van der Waals surface area contributed by atoms with Crippen LogP contribution in [0.3, 0.4) is 0 Å². The van der Waals surface area contributed by atoms with Crippen molar-refractivity contribution in [1.29, 1.82) is 0 Å². The van der Waals surface area contributed by atoms with Crippen LogP contribution in [0, 0.1) is 0 Å². The molecule has 21 nitrogen and oxygen atoms in total. The number of unbranched alkanes of at least 4 members (excludes halogenated alkanes) is 3. The summed E-state index contributed by atoms with van der Waals surface area (Å²) >= 11 is 11.8. The van der Waals surface area contributed by atoms with Crippen molar-refractivity contribution in [2.45, 2.75) is 51.4 Å². The Kier molecular flexibility index (Phi) is 22.4. The number of nitrogens with zero attached hydrogens (tertiary/aromatic N) is 4. The van der Waals surface area contributed by atoms with Crippen molar-refractivity contribution in [2.24, 2.45) is 21.5 Å². The first-order chi connectivity index (χ1) is 32.3. The normalized spacial score (nSPS) is 11.3. The van der Waals surface area contributed by atoms with Crippen LogP contribution in [0.4, 0.5) is 26.9 Å². The molecule has 360 valence electrons. The van der Waals surface area contributed by atoms with Crippen molar-refractivity contribution in [2.75, 3.05) is 69.7 Å². The molecule has 6 amide bonds. The molecular weight excluding hydrogens is 905 g/mol. The molecule has 3 aromatic carbocycles. The molecule has 0 spiro atoms. The van der Waals surface area contributed by atoms with Gasteiger partial charge < -0.3 is 59.4 Å². The lowest BCUT2D eigenvalue weighted by molar-refractivity contribution is 0.0965. The number of aliphatic imine (C=N–C) groups is 2. The van der Waals surface area contributed by atoms with E-state index in [1.165, 1.54) is 6.07 Å². The minimum absolute atomic E-state index is 0.0390. The fourth-order valence-electron chi connectivity index (χ4n) is 5.95. The standard InChI is InChI=1S/C44H59Cl2N15O6/c45-33-27-30(13-18-34(33)47)39(62)60-41(50)52-19-3-1-7-28-9-14-31(15-10-28)66-25-23-56-43(64)54-21-5-6-22-55-44(65)57-24-26-67-32-16-11-29(12-17-32)8-2-4-20-53-42(51)61-40(63)35-37(48)59-38(49)36(46)58-35/h9-18,27H,1-8,19-26,47H2,(H4,48,49,59)(H2,54,56,64)(H2,55,57,65)(H3,50,52,60,62)(H3,51,53,61,63). The van der Waals surface area contributed by atoms with Crippen molar-refractivity contribution < 1.29 is 28.7 Å². The van der Waals surface area contributed by atoms with Gasteiger partial charge in [-0.25, -0.2) is 19.6 Å². The number of anilines is 3. The van der Waals surface area contributed by atoms with E-state index in [0.29, 0.717) is 93.1 Å². The Morgan fingerprint density at radius 3 is 1.54 bits per heavy atom. The molecule has 67 heavy (non-hydrogen) atoms. The number of carbonyl (C=O) groups is 4. The number of amides is 6. The largest absolute Gasteiger partial charge is 0.492 e. The molecule has 0 aliphatic heterocycles. The molecule has 4 aromatic rings. The SMILES string of the molecule is NC(=NCCCCc1ccc(OCCNC(=O)NCCCCNC(=O)NCCOc2ccc(CCCCN=C(N)NC(=O)c3nc(Cl)c(N)nc3N)cc2)cc1)NC(=O)c1ccc(N)c(Cl)c1. The molecule has 0 atom stereocenters. The summed E-state index contributed by atoms with van der Waals surface area (Å²) in [4.78, 5) is 64.9. The number of aryl methyl sites for hydroxylation is 2. The highest BCUT2D eigenvalue weighted by molar-refractivity contribution is 6.33. The number of ether oxygens (including phenoxy) is 2. The Labute approximate surface area is 398 Å². The summed E-state index contributed by atoms with van der Waals surface area (Å²) in [6, 6.07) is 19.5. The second-order valence-electron chi connectivity index (χ2n) is 14.8. The first-order valence-corrected chi connectivity index (χ1v) is 22.4. The van der Waals surface area contributed by atoms with Gasteiger partial charge in [-0.1, -0.05) is 47.5 Å². The van der Waals surface area contributed by atoms with E-state index in [0.717, 1.165) is 49.7 Å². The Morgan fingerprint density at radius 2 is 1.04 bits per heavy atom. The van der Waals surface area contributed by atoms with Crippen LogP contribution in [0.2, 0.25) is 10.2 Å². The molecule has 0 radical (unpaired) electrons. The first kappa shape index (κ1) is 52.4. The number of nitrogen functional groups attached to an aromatic ring is 3. The predicted octanol–water partition coefficient (Wildman–Crippen LogP) is 3.50. The monoisotopic (exact) mass is 963 g/mol. The van der Waals surface area contributed by atoms with E-state index in [-0.39, 0.29) is 46.5 Å². The fraction of sp³-hybridized carbons (Fsp3) is 0.364. The predicted molar refractivity (Wildman–Crippen MR) is 261 cm³/mol. The van der Waals surface area contributed by atoms with Gasteiger partial charge in [-0.05, 0) is 105 Å². The van der Waals surface area contributed by atoms with Gasteiger partial charge >= 0.3 is 12.1 Å². The number of guanidine groups is 2. The maximum atomic E-state index is 12.3. The molecule has 0 fully saturated rings. The summed E-state index contributed by atoms with van der Waals surface area (Å²) in [7, 11) is 0. The van der Waals surface area contributed by atoms with E-state index in [1.54, 1.807) is 12.1 Å². The van der Waals surface area contributed by atoms with Gasteiger partial charge in [0.1, 0.15) is 24.7 Å². The average Bonchev–Trinajstić information content (AvgIpc) is 3.30. The molecule has 0 unspecified atom stereocenters. The van der Waals surface area contributed by atoms with E-state index in [1.807, 2.05) is 48.5 Å². The van der Waals surface area contributed by atoms with Gasteiger partial charge in [0, 0.05) is 31.7 Å². The van der Waals surface area contributed by atoms with Crippen molar-refractivity contribution in [3.8, 4) is 11.5 Å². The van der Waals surface area contributed by atoms with Crippen molar-refractivity contribution in [1.82, 2.24) is 41.9 Å². The van der Waals surface area contributed by atoms with Crippen LogP contribution < -0.4 is 70.0 Å². The van der Waals surface area contributed by atoms with Crippen LogP contribution in [0.25, 0.3) is 0 Å². The number of hydrogen-bond acceptors (Lipinski definition) is 13. The second kappa shape index (κ2) is 28.6. The van der Waals surface area contributed by atoms with Crippen LogP contribution in [0.15, 0.2) is 76.7 Å². The third kappa shape index (κ3) is 20.2. The molecule has 1 heterocycles. The average molecular weight is 965 g/mol. The van der Waals surface area contributed by atoms with Crippen molar-refractivity contribution in [3.05, 3.63) is 99.3 Å². The van der Waals surface area contributed by atoms with Gasteiger partial charge in [0.2, 0.25) is 0 Å². The maximum Gasteiger partial charge on any atom is 0.314 e. The molecule has 0 aliphatic carbocycles. The van der Waals surface area contributed by atoms with Gasteiger partial charge in [-0.2, -0.15) is 0 Å². The topological polar surface area (TPSA) is 340 Å². The number of aromatic nitrogens is 2. The maximum absolute atomic E-state index is 12.3. The molecule has 0 bridgehead atoms. The molecular formula is C44H59Cl2N15O6. The number of hydrogen-bond donors (Lipinski definition) is 11. The number of nitrogens with two attached hydrogens (primary N) is 5. The zero-order valence-electron chi connectivity index (χ0n) is 37.0. The molecule has 0 aliphatic rings. The quantitative estimate of drug-likeness (QED) is 0.0196. The molecule has 0 saturated carbocycles. The second-order valence-corrected chi connectivity index (χ2v) is 15.5. The van der Waals surface area contributed by atoms with Crippen molar-refractivity contribution >= 4 is 76.3 Å². The summed E-state index contributed by atoms with van der Waals surface area (Å²) in [6.45, 7) is 3.06. The fourth-order valence-corrected chi connectivity index (χ4v) is 6.26. The van der Waals surface area contributed by atoms with E-state index in [4.69, 9.17) is 61.3 Å². The molecule has 16 N–H and O–H groups in total. The van der Waals surface area contributed by atoms with Gasteiger partial charge in [0.05, 0.1) is 23.8 Å². The molecule has 23 heteroatoms. The van der Waals surface area contributed by atoms with E-state index >= 15 is 0 Å². The van der Waals surface area contributed by atoms with Crippen LogP contribution in [-0.2, 0) is 12.8 Å². The summed E-state index contributed by atoms with van der Waals surface area (Å²) < 4.78 is 11.5. The van der Waals surface area contributed by atoms with E-state index in [2.05, 4.69) is 51.9 Å². The zero-order valence-corrected chi connectivity index (χ0v) is 38.6. The van der Waals surface area contributed by atoms with Gasteiger partial charge in [-0.3, -0.25) is 30.2 Å².